The van der Waals surface area contributed by atoms with E-state index in [0.29, 0.717) is 38.2 Å². The van der Waals surface area contributed by atoms with Crippen LogP contribution in [-0.4, -0.2) is 74.8 Å². The molecular formula is C24H30ClN3O4S. The highest BCUT2D eigenvalue weighted by Gasteiger charge is 2.36. The summed E-state index contributed by atoms with van der Waals surface area (Å²) in [4.78, 5) is 17.6. The Balaban J connectivity index is 1.36. The molecule has 1 amide bonds. The maximum Gasteiger partial charge on any atom is 0.243 e. The third-order valence-corrected chi connectivity index (χ3v) is 8.58. The number of piperazine rings is 1. The molecule has 178 valence electrons. The van der Waals surface area contributed by atoms with Gasteiger partial charge in [0.05, 0.1) is 22.9 Å². The van der Waals surface area contributed by atoms with Crippen molar-refractivity contribution >= 4 is 27.5 Å². The van der Waals surface area contributed by atoms with Gasteiger partial charge in [-0.25, -0.2) is 8.42 Å². The molecule has 2 heterocycles. The van der Waals surface area contributed by atoms with Crippen molar-refractivity contribution < 1.29 is 17.9 Å². The lowest BCUT2D eigenvalue weighted by atomic mass is 9.97. The summed E-state index contributed by atoms with van der Waals surface area (Å²) in [5.74, 6) is 0.165. The Morgan fingerprint density at radius 1 is 1.06 bits per heavy atom. The Morgan fingerprint density at radius 2 is 1.79 bits per heavy atom. The average Bonchev–Trinajstić information content (AvgIpc) is 2.84. The molecule has 4 rings (SSSR count). The number of piperidine rings is 1. The van der Waals surface area contributed by atoms with Crippen LogP contribution in [0.4, 0.5) is 0 Å². The standard InChI is InChI=1S/C24H30ClN3O4S/c1-32-23-10-9-21(16-22(23)25)33(30,31)28-11-5-8-20(18-28)24(29)27-14-12-26(13-15-27)17-19-6-3-2-4-7-19/h2-4,6-7,9-10,16,20H,5,8,11-15,17-18H2,1H3/t20-/m1/s1. The van der Waals surface area contributed by atoms with E-state index in [4.69, 9.17) is 16.3 Å². The topological polar surface area (TPSA) is 70.2 Å². The Morgan fingerprint density at radius 3 is 2.45 bits per heavy atom. The van der Waals surface area contributed by atoms with Crippen molar-refractivity contribution in [3.05, 3.63) is 59.1 Å². The normalized spacial score (nSPS) is 20.5. The van der Waals surface area contributed by atoms with Crippen molar-refractivity contribution in [1.82, 2.24) is 14.1 Å². The summed E-state index contributed by atoms with van der Waals surface area (Å²) >= 11 is 6.15. The number of amides is 1. The fraction of sp³-hybridized carbons (Fsp3) is 0.458. The van der Waals surface area contributed by atoms with Crippen LogP contribution < -0.4 is 4.74 Å². The van der Waals surface area contributed by atoms with Crippen molar-refractivity contribution in [2.45, 2.75) is 24.3 Å². The number of carbonyl (C=O) groups is 1. The number of ether oxygens (including phenoxy) is 1. The number of methoxy groups -OCH3 is 1. The molecule has 0 aromatic heterocycles. The molecule has 0 bridgehead atoms. The smallest absolute Gasteiger partial charge is 0.243 e. The largest absolute Gasteiger partial charge is 0.495 e. The van der Waals surface area contributed by atoms with Crippen LogP contribution in [0.15, 0.2) is 53.4 Å². The SMILES string of the molecule is COc1ccc(S(=O)(=O)N2CCC[C@@H](C(=O)N3CCN(Cc4ccccc4)CC3)C2)cc1Cl. The van der Waals surface area contributed by atoms with Crippen LogP contribution in [0.5, 0.6) is 5.75 Å². The summed E-state index contributed by atoms with van der Waals surface area (Å²) in [7, 11) is -2.25. The zero-order chi connectivity index (χ0) is 23.4. The van der Waals surface area contributed by atoms with Gasteiger partial charge in [-0.05, 0) is 36.6 Å². The third-order valence-electron chi connectivity index (χ3n) is 6.43. The van der Waals surface area contributed by atoms with Crippen molar-refractivity contribution in [2.24, 2.45) is 5.92 Å². The molecule has 2 saturated heterocycles. The zero-order valence-corrected chi connectivity index (χ0v) is 20.4. The number of halogens is 1. The van der Waals surface area contributed by atoms with E-state index in [1.807, 2.05) is 23.1 Å². The van der Waals surface area contributed by atoms with E-state index < -0.39 is 10.0 Å². The Labute approximate surface area is 200 Å². The average molecular weight is 492 g/mol. The first-order valence-electron chi connectivity index (χ1n) is 11.3. The van der Waals surface area contributed by atoms with Crippen LogP contribution in [0.3, 0.4) is 0 Å². The summed E-state index contributed by atoms with van der Waals surface area (Å²) in [6.07, 6.45) is 1.37. The molecule has 0 radical (unpaired) electrons. The minimum atomic E-state index is -3.74. The summed E-state index contributed by atoms with van der Waals surface area (Å²) in [5, 5.41) is 0.247. The van der Waals surface area contributed by atoms with Gasteiger partial charge in [0, 0.05) is 45.8 Å². The number of sulfonamides is 1. The maximum atomic E-state index is 13.2. The third kappa shape index (κ3) is 5.51. The minimum Gasteiger partial charge on any atom is -0.495 e. The fourth-order valence-electron chi connectivity index (χ4n) is 4.55. The van der Waals surface area contributed by atoms with Gasteiger partial charge in [-0.3, -0.25) is 9.69 Å². The van der Waals surface area contributed by atoms with Gasteiger partial charge in [-0.15, -0.1) is 0 Å². The second-order valence-corrected chi connectivity index (χ2v) is 10.9. The van der Waals surface area contributed by atoms with E-state index in [1.54, 1.807) is 6.07 Å². The predicted octanol–water partition coefficient (Wildman–Crippen LogP) is 3.09. The fourth-order valence-corrected chi connectivity index (χ4v) is 6.42. The summed E-state index contributed by atoms with van der Waals surface area (Å²) < 4.78 is 32.9. The first-order chi connectivity index (χ1) is 15.9. The van der Waals surface area contributed by atoms with Gasteiger partial charge in [0.25, 0.3) is 0 Å². The van der Waals surface area contributed by atoms with Crippen molar-refractivity contribution in [1.29, 1.82) is 0 Å². The number of carbonyl (C=O) groups excluding carboxylic acids is 1. The van der Waals surface area contributed by atoms with Gasteiger partial charge in [-0.1, -0.05) is 41.9 Å². The summed E-state index contributed by atoms with van der Waals surface area (Å²) in [6, 6.07) is 14.8. The minimum absolute atomic E-state index is 0.0574. The highest BCUT2D eigenvalue weighted by molar-refractivity contribution is 7.89. The second-order valence-electron chi connectivity index (χ2n) is 8.59. The molecule has 0 unspecified atom stereocenters. The monoisotopic (exact) mass is 491 g/mol. The second kappa shape index (κ2) is 10.4. The molecule has 33 heavy (non-hydrogen) atoms. The van der Waals surface area contributed by atoms with Crippen LogP contribution in [0.1, 0.15) is 18.4 Å². The van der Waals surface area contributed by atoms with E-state index in [1.165, 1.54) is 29.1 Å². The molecule has 2 aliphatic rings. The number of hydrogen-bond acceptors (Lipinski definition) is 5. The molecule has 9 heteroatoms. The van der Waals surface area contributed by atoms with Gasteiger partial charge in [-0.2, -0.15) is 4.31 Å². The number of rotatable bonds is 6. The van der Waals surface area contributed by atoms with Crippen LogP contribution >= 0.6 is 11.6 Å². The zero-order valence-electron chi connectivity index (χ0n) is 18.8. The van der Waals surface area contributed by atoms with E-state index in [-0.39, 0.29) is 28.3 Å². The van der Waals surface area contributed by atoms with Gasteiger partial charge < -0.3 is 9.64 Å². The molecule has 2 aliphatic heterocycles. The molecule has 7 nitrogen and oxygen atoms in total. The van der Waals surface area contributed by atoms with E-state index in [9.17, 15) is 13.2 Å². The van der Waals surface area contributed by atoms with Gasteiger partial charge >= 0.3 is 0 Å². The Kier molecular flexibility index (Phi) is 7.58. The van der Waals surface area contributed by atoms with Gasteiger partial charge in [0.2, 0.25) is 15.9 Å². The maximum absolute atomic E-state index is 13.2. The van der Waals surface area contributed by atoms with Crippen molar-refractivity contribution in [3.8, 4) is 5.75 Å². The lowest BCUT2D eigenvalue weighted by Gasteiger charge is -2.38. The molecule has 0 spiro atoms. The van der Waals surface area contributed by atoms with Crippen LogP contribution in [0, 0.1) is 5.92 Å². The predicted molar refractivity (Wildman–Crippen MR) is 128 cm³/mol. The molecular weight excluding hydrogens is 462 g/mol. The Hall–Kier alpha value is -2.13. The van der Waals surface area contributed by atoms with Gasteiger partial charge in [0.1, 0.15) is 5.75 Å². The highest BCUT2D eigenvalue weighted by atomic mass is 35.5. The van der Waals surface area contributed by atoms with Gasteiger partial charge in [0.15, 0.2) is 0 Å². The van der Waals surface area contributed by atoms with E-state index in [2.05, 4.69) is 17.0 Å². The molecule has 0 N–H and O–H groups in total. The number of benzene rings is 2. The van der Waals surface area contributed by atoms with E-state index >= 15 is 0 Å². The molecule has 0 saturated carbocycles. The molecule has 1 atom stereocenters. The van der Waals surface area contributed by atoms with Crippen molar-refractivity contribution in [3.63, 3.8) is 0 Å². The van der Waals surface area contributed by atoms with Crippen LogP contribution in [-0.2, 0) is 21.4 Å². The number of hydrogen-bond donors (Lipinski definition) is 0. The van der Waals surface area contributed by atoms with Crippen LogP contribution in [0.25, 0.3) is 0 Å². The molecule has 0 aliphatic carbocycles. The first kappa shape index (κ1) is 24.0. The molecule has 2 aromatic carbocycles. The molecule has 2 fully saturated rings. The highest BCUT2D eigenvalue weighted by Crippen LogP contribution is 2.30. The first-order valence-corrected chi connectivity index (χ1v) is 13.1. The van der Waals surface area contributed by atoms with E-state index in [0.717, 1.165) is 19.6 Å². The quantitative estimate of drug-likeness (QED) is 0.621. The lowest BCUT2D eigenvalue weighted by molar-refractivity contribution is -0.138. The van der Waals surface area contributed by atoms with Crippen LogP contribution in [0.2, 0.25) is 5.02 Å². The lowest BCUT2D eigenvalue weighted by Crippen LogP contribution is -2.52. The summed E-state index contributed by atoms with van der Waals surface area (Å²) in [6.45, 7) is 4.46. The number of nitrogens with zero attached hydrogens (tertiary/aromatic N) is 3. The Bertz CT molecular complexity index is 1070. The summed E-state index contributed by atoms with van der Waals surface area (Å²) in [5.41, 5.74) is 1.27. The van der Waals surface area contributed by atoms with Crippen molar-refractivity contribution in [2.75, 3.05) is 46.4 Å². The molecule has 2 aromatic rings.